The summed E-state index contributed by atoms with van der Waals surface area (Å²) in [6.07, 6.45) is 0.325. The van der Waals surface area contributed by atoms with Gasteiger partial charge in [0.1, 0.15) is 23.7 Å². The SMILES string of the molecule is COCCCCOc1cc(OCc2ccccc2)ccc1C(=O)NCC(CC(NC(=O)OC(C)(C)C)C(O)CC(C(=O)NCCN1CCOCC1)C(C)C)C(C)C. The predicted molar refractivity (Wildman–Crippen MR) is 221 cm³/mol. The average molecular weight is 799 g/mol. The van der Waals surface area contributed by atoms with Crippen LogP contribution in [0.2, 0.25) is 0 Å². The molecular formula is C44H70N4O9. The van der Waals surface area contributed by atoms with Crippen LogP contribution in [0.25, 0.3) is 0 Å². The molecule has 1 fully saturated rings. The first-order valence-electron chi connectivity index (χ1n) is 20.6. The first kappa shape index (κ1) is 47.5. The second-order valence-corrected chi connectivity index (χ2v) is 16.6. The smallest absolute Gasteiger partial charge is 0.407 e. The Bertz CT molecular complexity index is 1480. The van der Waals surface area contributed by atoms with Crippen LogP contribution in [0.3, 0.4) is 0 Å². The van der Waals surface area contributed by atoms with Crippen LogP contribution in [-0.4, -0.2) is 112 Å². The normalized spacial score (nSPS) is 15.7. The fraction of sp³-hybridized carbons (Fsp3) is 0.659. The Morgan fingerprint density at radius 2 is 1.60 bits per heavy atom. The van der Waals surface area contributed by atoms with Gasteiger partial charge in [-0.15, -0.1) is 0 Å². The number of hydrogen-bond donors (Lipinski definition) is 4. The number of aliphatic hydroxyl groups excluding tert-OH is 1. The molecular weight excluding hydrogens is 729 g/mol. The fourth-order valence-corrected chi connectivity index (χ4v) is 6.58. The summed E-state index contributed by atoms with van der Waals surface area (Å²) in [5.74, 6) is -0.0841. The lowest BCUT2D eigenvalue weighted by atomic mass is 9.82. The van der Waals surface area contributed by atoms with E-state index in [9.17, 15) is 19.5 Å². The lowest BCUT2D eigenvalue weighted by Gasteiger charge is -2.33. The monoisotopic (exact) mass is 799 g/mol. The van der Waals surface area contributed by atoms with Crippen molar-refractivity contribution in [3.63, 3.8) is 0 Å². The van der Waals surface area contributed by atoms with Gasteiger partial charge >= 0.3 is 6.09 Å². The second kappa shape index (κ2) is 24.8. The molecule has 2 aromatic carbocycles. The Kier molecular flexibility index (Phi) is 20.6. The van der Waals surface area contributed by atoms with Gasteiger partial charge < -0.3 is 44.7 Å². The molecule has 2 aromatic rings. The van der Waals surface area contributed by atoms with Crippen LogP contribution in [0.15, 0.2) is 48.5 Å². The predicted octanol–water partition coefficient (Wildman–Crippen LogP) is 5.83. The van der Waals surface area contributed by atoms with Crippen molar-refractivity contribution in [1.82, 2.24) is 20.9 Å². The summed E-state index contributed by atoms with van der Waals surface area (Å²) in [7, 11) is 1.66. The molecule has 0 bridgehead atoms. The number of benzene rings is 2. The van der Waals surface area contributed by atoms with E-state index in [0.29, 0.717) is 63.1 Å². The van der Waals surface area contributed by atoms with Crippen molar-refractivity contribution in [2.24, 2.45) is 23.7 Å². The molecule has 0 spiro atoms. The van der Waals surface area contributed by atoms with Crippen molar-refractivity contribution in [2.75, 3.05) is 66.3 Å². The molecule has 4 atom stereocenters. The van der Waals surface area contributed by atoms with Crippen molar-refractivity contribution >= 4 is 17.9 Å². The number of unbranched alkanes of at least 4 members (excludes halogenated alkanes) is 1. The van der Waals surface area contributed by atoms with Gasteiger partial charge in [0, 0.05) is 58.4 Å². The van der Waals surface area contributed by atoms with Crippen molar-refractivity contribution < 1.29 is 43.2 Å². The Hall–Kier alpha value is -3.91. The van der Waals surface area contributed by atoms with Gasteiger partial charge in [0.25, 0.3) is 5.91 Å². The van der Waals surface area contributed by atoms with E-state index in [1.54, 1.807) is 46.1 Å². The number of nitrogens with one attached hydrogen (secondary N) is 3. The molecule has 1 aliphatic heterocycles. The van der Waals surface area contributed by atoms with Crippen LogP contribution in [0, 0.1) is 23.7 Å². The molecule has 13 heteroatoms. The number of amides is 3. The highest BCUT2D eigenvalue weighted by molar-refractivity contribution is 5.97. The molecule has 0 radical (unpaired) electrons. The van der Waals surface area contributed by atoms with Gasteiger partial charge in [-0.3, -0.25) is 14.5 Å². The lowest BCUT2D eigenvalue weighted by Crippen LogP contribution is -2.49. The van der Waals surface area contributed by atoms with Crippen LogP contribution in [0.4, 0.5) is 4.79 Å². The molecule has 0 aliphatic carbocycles. The maximum absolute atomic E-state index is 13.8. The minimum absolute atomic E-state index is 0.0584. The van der Waals surface area contributed by atoms with Gasteiger partial charge in [0.2, 0.25) is 5.91 Å². The molecule has 3 amide bonds. The molecule has 0 aromatic heterocycles. The lowest BCUT2D eigenvalue weighted by molar-refractivity contribution is -0.127. The van der Waals surface area contributed by atoms with Crippen molar-refractivity contribution in [1.29, 1.82) is 0 Å². The third-order valence-electron chi connectivity index (χ3n) is 10.1. The molecule has 57 heavy (non-hydrogen) atoms. The first-order valence-corrected chi connectivity index (χ1v) is 20.6. The number of aliphatic hydroxyl groups is 1. The number of methoxy groups -OCH3 is 1. The first-order chi connectivity index (χ1) is 27.2. The van der Waals surface area contributed by atoms with Crippen LogP contribution in [0.5, 0.6) is 11.5 Å². The third kappa shape index (κ3) is 18.1. The molecule has 320 valence electrons. The van der Waals surface area contributed by atoms with Crippen LogP contribution in [0.1, 0.15) is 90.1 Å². The number of carbonyl (C=O) groups excluding carboxylic acids is 3. The van der Waals surface area contributed by atoms with Gasteiger partial charge in [0.15, 0.2) is 0 Å². The van der Waals surface area contributed by atoms with Crippen molar-refractivity contribution in [3.8, 4) is 11.5 Å². The maximum atomic E-state index is 13.8. The highest BCUT2D eigenvalue weighted by Gasteiger charge is 2.33. The number of rotatable bonds is 24. The number of alkyl carbamates (subject to hydrolysis) is 1. The molecule has 4 unspecified atom stereocenters. The Morgan fingerprint density at radius 1 is 0.895 bits per heavy atom. The molecule has 13 nitrogen and oxygen atoms in total. The quantitative estimate of drug-likeness (QED) is 0.0954. The number of morpholine rings is 1. The zero-order valence-corrected chi connectivity index (χ0v) is 35.6. The summed E-state index contributed by atoms with van der Waals surface area (Å²) in [4.78, 5) is 42.6. The van der Waals surface area contributed by atoms with E-state index < -0.39 is 29.8 Å². The minimum Gasteiger partial charge on any atom is -0.493 e. The zero-order valence-electron chi connectivity index (χ0n) is 35.6. The summed E-state index contributed by atoms with van der Waals surface area (Å²) in [5.41, 5.74) is 0.643. The van der Waals surface area contributed by atoms with E-state index in [1.165, 1.54) is 0 Å². The molecule has 1 saturated heterocycles. The largest absolute Gasteiger partial charge is 0.493 e. The fourth-order valence-electron chi connectivity index (χ4n) is 6.58. The third-order valence-corrected chi connectivity index (χ3v) is 10.1. The van der Waals surface area contributed by atoms with E-state index in [2.05, 4.69) is 20.9 Å². The Balaban J connectivity index is 1.73. The summed E-state index contributed by atoms with van der Waals surface area (Å²) in [6, 6.07) is 14.3. The summed E-state index contributed by atoms with van der Waals surface area (Å²) in [5, 5.41) is 20.8. The Labute approximate surface area is 340 Å². The Morgan fingerprint density at radius 3 is 2.25 bits per heavy atom. The van der Waals surface area contributed by atoms with Crippen molar-refractivity contribution in [2.45, 2.75) is 98.5 Å². The van der Waals surface area contributed by atoms with Gasteiger partial charge in [-0.1, -0.05) is 58.0 Å². The van der Waals surface area contributed by atoms with E-state index in [4.69, 9.17) is 23.7 Å². The minimum atomic E-state index is -1.06. The second-order valence-electron chi connectivity index (χ2n) is 16.6. The van der Waals surface area contributed by atoms with Crippen molar-refractivity contribution in [3.05, 3.63) is 59.7 Å². The summed E-state index contributed by atoms with van der Waals surface area (Å²) >= 11 is 0. The molecule has 4 N–H and O–H groups in total. The zero-order chi connectivity index (χ0) is 41.8. The average Bonchev–Trinajstić information content (AvgIpc) is 3.16. The number of ether oxygens (including phenoxy) is 5. The van der Waals surface area contributed by atoms with Gasteiger partial charge in [-0.2, -0.15) is 0 Å². The van der Waals surface area contributed by atoms with Crippen LogP contribution in [-0.2, 0) is 25.6 Å². The molecule has 1 aliphatic rings. The standard InChI is InChI=1S/C44H70N4O9/c1-31(2)34(29-46-41(50)36-17-16-35(56-30-33-14-10-9-11-15-33)27-40(36)55-23-13-12-22-53-8)26-38(47-43(52)57-44(5,6)7)39(49)28-37(32(3)4)42(51)45-18-19-48-20-24-54-25-21-48/h9-11,14-17,27,31-32,34,37-39,49H,12-13,18-26,28-30H2,1-8H3,(H,45,51)(H,46,50)(H,47,52). The summed E-state index contributed by atoms with van der Waals surface area (Å²) < 4.78 is 28.4. The molecule has 0 saturated carbocycles. The van der Waals surface area contributed by atoms with Crippen LogP contribution < -0.4 is 25.4 Å². The van der Waals surface area contributed by atoms with Crippen LogP contribution >= 0.6 is 0 Å². The van der Waals surface area contributed by atoms with E-state index in [0.717, 1.165) is 38.0 Å². The maximum Gasteiger partial charge on any atom is 0.407 e. The molecule has 3 rings (SSSR count). The van der Waals surface area contributed by atoms with Gasteiger partial charge in [-0.05, 0) is 81.9 Å². The number of nitrogens with zero attached hydrogens (tertiary/aromatic N) is 1. The van der Waals surface area contributed by atoms with Gasteiger partial charge in [-0.25, -0.2) is 4.79 Å². The number of carbonyl (C=O) groups is 3. The van der Waals surface area contributed by atoms with E-state index >= 15 is 0 Å². The molecule has 1 heterocycles. The number of hydrogen-bond acceptors (Lipinski definition) is 10. The van der Waals surface area contributed by atoms with Gasteiger partial charge in [0.05, 0.1) is 37.5 Å². The summed E-state index contributed by atoms with van der Waals surface area (Å²) in [6.45, 7) is 19.3. The van der Waals surface area contributed by atoms with E-state index in [1.807, 2.05) is 58.0 Å². The van der Waals surface area contributed by atoms with E-state index in [-0.39, 0.29) is 42.5 Å². The highest BCUT2D eigenvalue weighted by Crippen LogP contribution is 2.28. The topological polar surface area (TPSA) is 157 Å². The highest BCUT2D eigenvalue weighted by atomic mass is 16.6.